The number of amides is 2. The van der Waals surface area contributed by atoms with Crippen LogP contribution in [0.2, 0.25) is 0 Å². The van der Waals surface area contributed by atoms with E-state index in [1.807, 2.05) is 24.3 Å². The molecule has 0 saturated carbocycles. The van der Waals surface area contributed by atoms with Gasteiger partial charge in [0.15, 0.2) is 16.4 Å². The van der Waals surface area contributed by atoms with Crippen molar-refractivity contribution >= 4 is 33.0 Å². The van der Waals surface area contributed by atoms with E-state index in [0.29, 0.717) is 23.5 Å². The molecule has 8 heteroatoms. The zero-order chi connectivity index (χ0) is 20.6. The third-order valence-corrected chi connectivity index (χ3v) is 7.09. The van der Waals surface area contributed by atoms with Crippen LogP contribution in [-0.2, 0) is 25.8 Å². The molecule has 0 aromatic heterocycles. The lowest BCUT2D eigenvalue weighted by molar-refractivity contribution is -0.119. The summed E-state index contributed by atoms with van der Waals surface area (Å²) in [5, 5.41) is 2.66. The minimum absolute atomic E-state index is 0.0925. The number of carbonyl (C=O) groups excluding carboxylic acids is 2. The zero-order valence-electron chi connectivity index (χ0n) is 16.1. The Morgan fingerprint density at radius 2 is 2.03 bits per heavy atom. The predicted molar refractivity (Wildman–Crippen MR) is 109 cm³/mol. The molecule has 0 radical (unpaired) electrons. The Balaban J connectivity index is 1.52. The Morgan fingerprint density at radius 3 is 2.86 bits per heavy atom. The number of sulfone groups is 1. The van der Waals surface area contributed by atoms with Crippen LogP contribution < -0.4 is 15.0 Å². The topological polar surface area (TPSA) is 92.8 Å². The number of aryl methyl sites for hydroxylation is 2. The van der Waals surface area contributed by atoms with Crippen LogP contribution in [0.25, 0.3) is 0 Å². The largest absolute Gasteiger partial charge is 0.482 e. The summed E-state index contributed by atoms with van der Waals surface area (Å²) >= 11 is 0. The molecule has 152 valence electrons. The first-order chi connectivity index (χ1) is 13.8. The number of fused-ring (bicyclic) bond motifs is 2. The van der Waals surface area contributed by atoms with Gasteiger partial charge < -0.3 is 15.0 Å². The first-order valence-electron chi connectivity index (χ1n) is 9.53. The molecule has 0 aliphatic carbocycles. The number of para-hydroxylation sites is 1. The van der Waals surface area contributed by atoms with E-state index >= 15 is 0 Å². The van der Waals surface area contributed by atoms with Crippen LogP contribution in [0.4, 0.5) is 11.4 Å². The Kier molecular flexibility index (Phi) is 5.04. The molecular formula is C21H22N2O5S. The highest BCUT2D eigenvalue weighted by Gasteiger charge is 2.27. The average molecular weight is 414 g/mol. The molecule has 2 aliphatic heterocycles. The molecule has 2 aromatic carbocycles. The Labute approximate surface area is 169 Å². The van der Waals surface area contributed by atoms with Crippen molar-refractivity contribution in [1.82, 2.24) is 0 Å². The van der Waals surface area contributed by atoms with E-state index < -0.39 is 9.84 Å². The normalized spacial score (nSPS) is 15.8. The molecule has 0 spiro atoms. The summed E-state index contributed by atoms with van der Waals surface area (Å²) < 4.78 is 31.2. The van der Waals surface area contributed by atoms with Crippen LogP contribution in [-0.4, -0.2) is 39.1 Å². The Bertz CT molecular complexity index is 1090. The molecule has 0 fully saturated rings. The standard InChI is InChI=1S/C21H22N2O5S/c1-14-11-16-18(28-13-20(24)22-16)12-19(14)29(26,27)10-8-21(25)23-9-4-6-15-5-2-3-7-17(15)23/h2-3,5,7,11-12H,4,6,8-10,13H2,1H3,(H,22,24). The van der Waals surface area contributed by atoms with Crippen molar-refractivity contribution in [3.05, 3.63) is 47.5 Å². The van der Waals surface area contributed by atoms with Gasteiger partial charge in [-0.2, -0.15) is 0 Å². The maximum atomic E-state index is 12.9. The van der Waals surface area contributed by atoms with Crippen LogP contribution >= 0.6 is 0 Å². The van der Waals surface area contributed by atoms with Crippen LogP contribution in [0.1, 0.15) is 24.0 Å². The lowest BCUT2D eigenvalue weighted by atomic mass is 10.0. The highest BCUT2D eigenvalue weighted by Crippen LogP contribution is 2.34. The van der Waals surface area contributed by atoms with Crippen molar-refractivity contribution in [3.63, 3.8) is 0 Å². The summed E-state index contributed by atoms with van der Waals surface area (Å²) in [5.74, 6) is -0.430. The van der Waals surface area contributed by atoms with Crippen LogP contribution in [0, 0.1) is 6.92 Å². The summed E-state index contributed by atoms with van der Waals surface area (Å²) in [6.45, 7) is 2.11. The highest BCUT2D eigenvalue weighted by atomic mass is 32.2. The van der Waals surface area contributed by atoms with Crippen LogP contribution in [0.5, 0.6) is 5.75 Å². The van der Waals surface area contributed by atoms with Crippen molar-refractivity contribution in [2.45, 2.75) is 31.1 Å². The molecular weight excluding hydrogens is 392 g/mol. The fourth-order valence-corrected chi connectivity index (χ4v) is 5.31. The maximum absolute atomic E-state index is 12.9. The number of ether oxygens (including phenoxy) is 1. The molecule has 2 aliphatic rings. The van der Waals surface area contributed by atoms with Gasteiger partial charge in [0.25, 0.3) is 5.91 Å². The van der Waals surface area contributed by atoms with Crippen LogP contribution in [0.3, 0.4) is 0 Å². The number of hydrogen-bond acceptors (Lipinski definition) is 5. The SMILES string of the molecule is Cc1cc2c(cc1S(=O)(=O)CCC(=O)N1CCCc3ccccc31)OCC(=O)N2. The summed E-state index contributed by atoms with van der Waals surface area (Å²) in [4.78, 5) is 26.0. The van der Waals surface area contributed by atoms with Crippen LogP contribution in [0.15, 0.2) is 41.3 Å². The quantitative estimate of drug-likeness (QED) is 0.830. The van der Waals surface area contributed by atoms with E-state index in [9.17, 15) is 18.0 Å². The second-order valence-electron chi connectivity index (χ2n) is 7.30. The summed E-state index contributed by atoms with van der Waals surface area (Å²) in [6.07, 6.45) is 1.69. The number of nitrogens with zero attached hydrogens (tertiary/aromatic N) is 1. The van der Waals surface area contributed by atoms with E-state index in [0.717, 1.165) is 24.1 Å². The molecule has 0 bridgehead atoms. The third kappa shape index (κ3) is 3.85. The fourth-order valence-electron chi connectivity index (χ4n) is 3.81. The number of carbonyl (C=O) groups is 2. The van der Waals surface area contributed by atoms with Gasteiger partial charge in [-0.15, -0.1) is 0 Å². The molecule has 4 rings (SSSR count). The molecule has 1 N–H and O–H groups in total. The van der Waals surface area contributed by atoms with Gasteiger partial charge >= 0.3 is 0 Å². The number of anilines is 2. The van der Waals surface area contributed by atoms with Gasteiger partial charge in [0.1, 0.15) is 5.75 Å². The van der Waals surface area contributed by atoms with Crippen molar-refractivity contribution in [2.75, 3.05) is 29.1 Å². The molecule has 0 saturated heterocycles. The van der Waals surface area contributed by atoms with Gasteiger partial charge in [0.05, 0.1) is 16.3 Å². The molecule has 2 amide bonds. The molecule has 2 heterocycles. The minimum atomic E-state index is -3.69. The second kappa shape index (κ2) is 7.51. The summed E-state index contributed by atoms with van der Waals surface area (Å²) in [6, 6.07) is 10.8. The van der Waals surface area contributed by atoms with Gasteiger partial charge in [-0.25, -0.2) is 8.42 Å². The smallest absolute Gasteiger partial charge is 0.262 e. The van der Waals surface area contributed by atoms with Crippen molar-refractivity contribution in [1.29, 1.82) is 0 Å². The van der Waals surface area contributed by atoms with Crippen molar-refractivity contribution in [3.8, 4) is 5.75 Å². The number of benzene rings is 2. The molecule has 2 aromatic rings. The molecule has 29 heavy (non-hydrogen) atoms. The molecule has 0 atom stereocenters. The zero-order valence-corrected chi connectivity index (χ0v) is 16.9. The first kappa shape index (κ1) is 19.4. The second-order valence-corrected chi connectivity index (χ2v) is 9.37. The average Bonchev–Trinajstić information content (AvgIpc) is 2.71. The van der Waals surface area contributed by atoms with Gasteiger partial charge in [0.2, 0.25) is 5.91 Å². The van der Waals surface area contributed by atoms with E-state index in [-0.39, 0.29) is 35.5 Å². The van der Waals surface area contributed by atoms with Gasteiger partial charge in [-0.1, -0.05) is 18.2 Å². The van der Waals surface area contributed by atoms with Gasteiger partial charge in [0, 0.05) is 24.7 Å². The fraction of sp³-hybridized carbons (Fsp3) is 0.333. The van der Waals surface area contributed by atoms with Gasteiger partial charge in [-0.05, 0) is 43.0 Å². The third-order valence-electron chi connectivity index (χ3n) is 5.24. The first-order valence-corrected chi connectivity index (χ1v) is 11.2. The van der Waals surface area contributed by atoms with E-state index in [2.05, 4.69) is 5.32 Å². The number of nitrogens with one attached hydrogen (secondary N) is 1. The van der Waals surface area contributed by atoms with E-state index in [1.54, 1.807) is 17.9 Å². The van der Waals surface area contributed by atoms with Crippen molar-refractivity contribution < 1.29 is 22.7 Å². The molecule has 0 unspecified atom stereocenters. The summed E-state index contributed by atoms with van der Waals surface area (Å²) in [7, 11) is -3.69. The minimum Gasteiger partial charge on any atom is -0.482 e. The van der Waals surface area contributed by atoms with E-state index in [4.69, 9.17) is 4.74 Å². The lowest BCUT2D eigenvalue weighted by Gasteiger charge is -2.29. The maximum Gasteiger partial charge on any atom is 0.262 e. The number of hydrogen-bond donors (Lipinski definition) is 1. The number of rotatable bonds is 4. The predicted octanol–water partition coefficient (Wildman–Crippen LogP) is 2.47. The Morgan fingerprint density at radius 1 is 1.24 bits per heavy atom. The van der Waals surface area contributed by atoms with Crippen molar-refractivity contribution in [2.24, 2.45) is 0 Å². The molecule has 7 nitrogen and oxygen atoms in total. The lowest BCUT2D eigenvalue weighted by Crippen LogP contribution is -2.36. The summed E-state index contributed by atoms with van der Waals surface area (Å²) in [5.41, 5.74) is 2.94. The Hall–Kier alpha value is -2.87. The van der Waals surface area contributed by atoms with Gasteiger partial charge in [-0.3, -0.25) is 9.59 Å². The van der Waals surface area contributed by atoms with E-state index in [1.165, 1.54) is 6.07 Å². The highest BCUT2D eigenvalue weighted by molar-refractivity contribution is 7.91. The monoisotopic (exact) mass is 414 g/mol.